The summed E-state index contributed by atoms with van der Waals surface area (Å²) in [5.74, 6) is -1.09. The fourth-order valence-corrected chi connectivity index (χ4v) is 2.03. The molecule has 0 amide bonds. The number of hydrogen-bond acceptors (Lipinski definition) is 3. The number of benzene rings is 1. The van der Waals surface area contributed by atoms with Crippen LogP contribution in [0, 0.1) is 0 Å². The molecule has 94 valence electrons. The maximum Gasteiger partial charge on any atom is 0.358 e. The van der Waals surface area contributed by atoms with Gasteiger partial charge in [-0.05, 0) is 23.8 Å². The van der Waals surface area contributed by atoms with Crippen molar-refractivity contribution in [3.63, 3.8) is 0 Å². The summed E-state index contributed by atoms with van der Waals surface area (Å²) in [6.45, 7) is 0. The number of rotatable bonds is 2. The average molecular weight is 274 g/mol. The quantitative estimate of drug-likeness (QED) is 0.779. The first-order valence-corrected chi connectivity index (χ1v) is 5.86. The molecule has 0 saturated carbocycles. The highest BCUT2D eigenvalue weighted by Gasteiger charge is 2.15. The van der Waals surface area contributed by atoms with Crippen molar-refractivity contribution in [3.8, 4) is 11.3 Å². The molecule has 6 heteroatoms. The third-order valence-electron chi connectivity index (χ3n) is 2.77. The second-order valence-electron chi connectivity index (χ2n) is 3.93. The van der Waals surface area contributed by atoms with Gasteiger partial charge in [-0.15, -0.1) is 0 Å². The minimum atomic E-state index is -1.09. The number of carboxylic acid groups (broad SMARTS) is 1. The van der Waals surface area contributed by atoms with E-state index in [1.54, 1.807) is 28.8 Å². The number of fused-ring (bicyclic) bond motifs is 1. The summed E-state index contributed by atoms with van der Waals surface area (Å²) in [4.78, 5) is 19.0. The van der Waals surface area contributed by atoms with Gasteiger partial charge in [0, 0.05) is 11.2 Å². The fraction of sp³-hybridized carbons (Fsp3) is 0. The lowest BCUT2D eigenvalue weighted by molar-refractivity contribution is 0.0693. The van der Waals surface area contributed by atoms with E-state index in [1.807, 2.05) is 12.1 Å². The first kappa shape index (κ1) is 11.7. The Hall–Kier alpha value is -2.40. The lowest BCUT2D eigenvalue weighted by Gasteiger charge is -2.05. The molecule has 0 saturated heterocycles. The van der Waals surface area contributed by atoms with Gasteiger partial charge in [0.1, 0.15) is 6.33 Å². The predicted molar refractivity (Wildman–Crippen MR) is 70.4 cm³/mol. The predicted octanol–water partition coefficient (Wildman–Crippen LogP) is 2.75. The maximum absolute atomic E-state index is 11.0. The van der Waals surface area contributed by atoms with Crippen LogP contribution in [0.4, 0.5) is 0 Å². The second-order valence-corrected chi connectivity index (χ2v) is 4.37. The number of carbonyl (C=O) groups is 1. The van der Waals surface area contributed by atoms with Gasteiger partial charge in [0.15, 0.2) is 11.3 Å². The molecule has 3 rings (SSSR count). The molecule has 0 bridgehead atoms. The van der Waals surface area contributed by atoms with Gasteiger partial charge in [-0.1, -0.05) is 23.7 Å². The molecule has 19 heavy (non-hydrogen) atoms. The highest BCUT2D eigenvalue weighted by molar-refractivity contribution is 6.30. The average Bonchev–Trinajstić information content (AvgIpc) is 2.83. The molecule has 1 N–H and O–H groups in total. The fourth-order valence-electron chi connectivity index (χ4n) is 1.91. The largest absolute Gasteiger partial charge is 0.476 e. The van der Waals surface area contributed by atoms with Crippen molar-refractivity contribution in [2.45, 2.75) is 0 Å². The van der Waals surface area contributed by atoms with Crippen molar-refractivity contribution in [2.75, 3.05) is 0 Å². The number of halogens is 1. The van der Waals surface area contributed by atoms with Crippen molar-refractivity contribution in [3.05, 3.63) is 53.6 Å². The van der Waals surface area contributed by atoms with Crippen LogP contribution in [-0.4, -0.2) is 25.4 Å². The minimum absolute atomic E-state index is 0.0594. The van der Waals surface area contributed by atoms with Crippen LogP contribution in [0.1, 0.15) is 10.5 Å². The third-order valence-corrected chi connectivity index (χ3v) is 3.03. The van der Waals surface area contributed by atoms with Gasteiger partial charge in [0.05, 0.1) is 5.69 Å². The molecule has 5 nitrogen and oxygen atoms in total. The SMILES string of the molecule is O=C(O)c1ncn2c(-c3ccc(Cl)cc3)ccnc12. The lowest BCUT2D eigenvalue weighted by Crippen LogP contribution is -1.99. The lowest BCUT2D eigenvalue weighted by atomic mass is 10.1. The van der Waals surface area contributed by atoms with Gasteiger partial charge in [-0.2, -0.15) is 0 Å². The van der Waals surface area contributed by atoms with E-state index in [9.17, 15) is 4.79 Å². The normalized spacial score (nSPS) is 10.8. The Balaban J connectivity index is 2.25. The van der Waals surface area contributed by atoms with Gasteiger partial charge in [0.2, 0.25) is 0 Å². The van der Waals surface area contributed by atoms with Crippen LogP contribution in [0.2, 0.25) is 5.02 Å². The molecule has 3 aromatic rings. The van der Waals surface area contributed by atoms with Gasteiger partial charge < -0.3 is 5.11 Å². The molecule has 0 unspecified atom stereocenters. The van der Waals surface area contributed by atoms with Crippen LogP contribution in [0.5, 0.6) is 0 Å². The van der Waals surface area contributed by atoms with E-state index < -0.39 is 5.97 Å². The van der Waals surface area contributed by atoms with Crippen LogP contribution in [0.15, 0.2) is 42.9 Å². The summed E-state index contributed by atoms with van der Waals surface area (Å²) in [5, 5.41) is 9.68. The van der Waals surface area contributed by atoms with Crippen molar-refractivity contribution < 1.29 is 9.90 Å². The van der Waals surface area contributed by atoms with Crippen molar-refractivity contribution in [2.24, 2.45) is 0 Å². The zero-order chi connectivity index (χ0) is 13.4. The summed E-state index contributed by atoms with van der Waals surface area (Å²) >= 11 is 5.85. The molecule has 0 atom stereocenters. The Labute approximate surface area is 113 Å². The Morgan fingerprint density at radius 2 is 1.89 bits per heavy atom. The zero-order valence-electron chi connectivity index (χ0n) is 9.62. The number of imidazole rings is 1. The Kier molecular flexibility index (Phi) is 2.68. The smallest absolute Gasteiger partial charge is 0.358 e. The summed E-state index contributed by atoms with van der Waals surface area (Å²) in [7, 11) is 0. The molecule has 0 aliphatic rings. The minimum Gasteiger partial charge on any atom is -0.476 e. The Bertz CT molecular complexity index is 765. The van der Waals surface area contributed by atoms with Crippen molar-refractivity contribution >= 4 is 23.2 Å². The van der Waals surface area contributed by atoms with Crippen LogP contribution < -0.4 is 0 Å². The standard InChI is InChI=1S/C13H8ClN3O2/c14-9-3-1-8(2-4-9)10-5-6-15-12-11(13(18)19)16-7-17(10)12/h1-7H,(H,18,19). The molecular weight excluding hydrogens is 266 g/mol. The van der Waals surface area contributed by atoms with E-state index in [2.05, 4.69) is 9.97 Å². The van der Waals surface area contributed by atoms with Gasteiger partial charge >= 0.3 is 5.97 Å². The number of carboxylic acids is 1. The summed E-state index contributed by atoms with van der Waals surface area (Å²) in [6, 6.07) is 9.06. The topological polar surface area (TPSA) is 67.5 Å². The van der Waals surface area contributed by atoms with Crippen molar-refractivity contribution in [1.29, 1.82) is 0 Å². The number of aromatic carboxylic acids is 1. The molecule has 0 fully saturated rings. The molecule has 0 aliphatic heterocycles. The zero-order valence-corrected chi connectivity index (χ0v) is 10.4. The molecule has 0 radical (unpaired) electrons. The van der Waals surface area contributed by atoms with E-state index in [0.717, 1.165) is 11.3 Å². The monoisotopic (exact) mass is 273 g/mol. The van der Waals surface area contributed by atoms with Crippen LogP contribution >= 0.6 is 11.6 Å². The van der Waals surface area contributed by atoms with E-state index in [4.69, 9.17) is 16.7 Å². The molecular formula is C13H8ClN3O2. The summed E-state index contributed by atoms with van der Waals surface area (Å²) in [5.41, 5.74) is 1.98. The molecule has 1 aromatic carbocycles. The summed E-state index contributed by atoms with van der Waals surface area (Å²) in [6.07, 6.45) is 3.02. The molecule has 0 spiro atoms. The van der Waals surface area contributed by atoms with Gasteiger partial charge in [0.25, 0.3) is 0 Å². The highest BCUT2D eigenvalue weighted by Crippen LogP contribution is 2.22. The third kappa shape index (κ3) is 1.94. The number of aromatic nitrogens is 3. The van der Waals surface area contributed by atoms with E-state index in [-0.39, 0.29) is 5.69 Å². The number of nitrogens with zero attached hydrogens (tertiary/aromatic N) is 3. The highest BCUT2D eigenvalue weighted by atomic mass is 35.5. The first-order valence-electron chi connectivity index (χ1n) is 5.48. The van der Waals surface area contributed by atoms with Gasteiger partial charge in [-0.3, -0.25) is 4.40 Å². The number of hydrogen-bond donors (Lipinski definition) is 1. The Morgan fingerprint density at radius 1 is 1.16 bits per heavy atom. The molecule has 2 aromatic heterocycles. The molecule has 2 heterocycles. The van der Waals surface area contributed by atoms with Crippen LogP contribution in [-0.2, 0) is 0 Å². The molecule has 0 aliphatic carbocycles. The second kappa shape index (κ2) is 4.37. The first-order chi connectivity index (χ1) is 9.16. The van der Waals surface area contributed by atoms with E-state index in [0.29, 0.717) is 10.7 Å². The maximum atomic E-state index is 11.0. The summed E-state index contributed by atoms with van der Waals surface area (Å²) < 4.78 is 1.65. The Morgan fingerprint density at radius 3 is 2.58 bits per heavy atom. The van der Waals surface area contributed by atoms with Gasteiger partial charge in [-0.25, -0.2) is 14.8 Å². The van der Waals surface area contributed by atoms with E-state index in [1.165, 1.54) is 6.33 Å². The van der Waals surface area contributed by atoms with Crippen molar-refractivity contribution in [1.82, 2.24) is 14.4 Å². The van der Waals surface area contributed by atoms with E-state index >= 15 is 0 Å². The van der Waals surface area contributed by atoms with Crippen LogP contribution in [0.3, 0.4) is 0 Å². The van der Waals surface area contributed by atoms with Crippen LogP contribution in [0.25, 0.3) is 16.9 Å².